The molecule has 36 heavy (non-hydrogen) atoms. The fourth-order valence-corrected chi connectivity index (χ4v) is 7.98. The zero-order valence-electron chi connectivity index (χ0n) is 23.0. The number of ether oxygens (including phenoxy) is 6. The fourth-order valence-electron chi connectivity index (χ4n) is 7.98. The molecule has 11 atom stereocenters. The van der Waals surface area contributed by atoms with Crippen molar-refractivity contribution in [2.24, 2.45) is 29.6 Å². The lowest BCUT2D eigenvalue weighted by atomic mass is 9.55. The number of methoxy groups -OCH3 is 1. The van der Waals surface area contributed by atoms with Crippen LogP contribution in [0.5, 0.6) is 0 Å². The first-order valence-corrected chi connectivity index (χ1v) is 13.1. The normalized spacial score (nSPS) is 47.5. The minimum atomic E-state index is -1.28. The third-order valence-electron chi connectivity index (χ3n) is 9.22. The molecule has 4 rings (SSSR count). The van der Waals surface area contributed by atoms with Gasteiger partial charge in [-0.3, -0.25) is 14.4 Å². The Hall–Kier alpha value is -1.71. The summed E-state index contributed by atoms with van der Waals surface area (Å²) in [6.07, 6.45) is -0.344. The van der Waals surface area contributed by atoms with E-state index in [9.17, 15) is 14.4 Å². The summed E-state index contributed by atoms with van der Waals surface area (Å²) >= 11 is 0. The Labute approximate surface area is 213 Å². The van der Waals surface area contributed by atoms with Crippen LogP contribution < -0.4 is 0 Å². The van der Waals surface area contributed by atoms with Gasteiger partial charge >= 0.3 is 17.9 Å². The Balaban J connectivity index is 1.93. The summed E-state index contributed by atoms with van der Waals surface area (Å²) in [4.78, 5) is 37.2. The largest absolute Gasteiger partial charge is 0.458 e. The van der Waals surface area contributed by atoms with Gasteiger partial charge in [0.2, 0.25) is 0 Å². The highest BCUT2D eigenvalue weighted by molar-refractivity contribution is 5.69. The van der Waals surface area contributed by atoms with E-state index in [0.717, 1.165) is 12.8 Å². The molecule has 0 spiro atoms. The quantitative estimate of drug-likeness (QED) is 0.406. The van der Waals surface area contributed by atoms with Crippen LogP contribution in [-0.2, 0) is 42.8 Å². The highest BCUT2D eigenvalue weighted by Gasteiger charge is 2.73. The summed E-state index contributed by atoms with van der Waals surface area (Å²) < 4.78 is 37.5. The number of hydrogen-bond acceptors (Lipinski definition) is 9. The molecule has 0 N–H and O–H groups in total. The molecule has 0 aromatic rings. The van der Waals surface area contributed by atoms with E-state index in [2.05, 4.69) is 27.7 Å². The molecule has 0 unspecified atom stereocenters. The number of carbonyl (C=O) groups is 3. The van der Waals surface area contributed by atoms with Crippen LogP contribution in [0.4, 0.5) is 0 Å². The van der Waals surface area contributed by atoms with Gasteiger partial charge in [0.05, 0.1) is 17.8 Å². The van der Waals surface area contributed by atoms with E-state index in [1.54, 1.807) is 14.0 Å². The molecule has 1 aliphatic carbocycles. The molecule has 9 heteroatoms. The molecule has 0 aromatic carbocycles. The molecule has 0 aromatic heterocycles. The predicted molar refractivity (Wildman–Crippen MR) is 127 cm³/mol. The van der Waals surface area contributed by atoms with E-state index in [0.29, 0.717) is 6.42 Å². The Bertz CT molecular complexity index is 904. The van der Waals surface area contributed by atoms with Crippen LogP contribution in [-0.4, -0.2) is 66.4 Å². The first-order chi connectivity index (χ1) is 16.7. The number of esters is 3. The SMILES string of the molecule is CO[C@]12CC[C@](C)(O1)[C@H]1O[C@@H](C[C@@H]2C)[C@@H]2[C@H]1[C@@H](C(C)C)[C@H](OC(C)=O)[C@H](OC(C)=O)[C@@]2(C)OC(C)=O. The van der Waals surface area contributed by atoms with E-state index in [1.165, 1.54) is 20.8 Å². The van der Waals surface area contributed by atoms with Crippen LogP contribution in [0.15, 0.2) is 0 Å². The summed E-state index contributed by atoms with van der Waals surface area (Å²) in [6.45, 7) is 14.1. The molecule has 0 amide bonds. The van der Waals surface area contributed by atoms with Crippen molar-refractivity contribution in [3.8, 4) is 0 Å². The summed E-state index contributed by atoms with van der Waals surface area (Å²) in [5, 5.41) is 0. The van der Waals surface area contributed by atoms with Crippen molar-refractivity contribution in [2.45, 2.75) is 116 Å². The lowest BCUT2D eigenvalue weighted by molar-refractivity contribution is -0.296. The second-order valence-corrected chi connectivity index (χ2v) is 12.0. The summed E-state index contributed by atoms with van der Waals surface area (Å²) in [5.41, 5.74) is -1.94. The number of carbonyl (C=O) groups excluding carboxylic acids is 3. The van der Waals surface area contributed by atoms with E-state index >= 15 is 0 Å². The standard InChI is InChI=1S/C27H42O9/c1-13(2)19-20-21(18-12-14(3)27(31-9)11-10-25(7,36-27)23(20)34-18)26(8,35-17(6)30)24(33-16(5)29)22(19)32-15(4)28/h13-14,18-24H,10-12H2,1-9H3/t14-,18-,19+,20+,21+,22-,23-,24-,25-,26-,27+/m0/s1. The Morgan fingerprint density at radius 2 is 1.61 bits per heavy atom. The summed E-state index contributed by atoms with van der Waals surface area (Å²) in [7, 11) is 1.69. The highest BCUT2D eigenvalue weighted by atomic mass is 16.7. The van der Waals surface area contributed by atoms with Gasteiger partial charge in [-0.05, 0) is 32.6 Å². The van der Waals surface area contributed by atoms with Gasteiger partial charge in [-0.15, -0.1) is 0 Å². The maximum Gasteiger partial charge on any atom is 0.303 e. The van der Waals surface area contributed by atoms with Gasteiger partial charge in [-0.2, -0.15) is 0 Å². The van der Waals surface area contributed by atoms with Crippen LogP contribution in [0.3, 0.4) is 0 Å². The van der Waals surface area contributed by atoms with Gasteiger partial charge < -0.3 is 28.4 Å². The Morgan fingerprint density at radius 3 is 2.14 bits per heavy atom. The lowest BCUT2D eigenvalue weighted by Gasteiger charge is -2.55. The van der Waals surface area contributed by atoms with Crippen molar-refractivity contribution >= 4 is 17.9 Å². The number of rotatable bonds is 5. The van der Waals surface area contributed by atoms with Gasteiger partial charge in [0.1, 0.15) is 6.10 Å². The molecule has 1 saturated carbocycles. The number of fused-ring (bicyclic) bond motifs is 8. The third-order valence-corrected chi connectivity index (χ3v) is 9.22. The fraction of sp³-hybridized carbons (Fsp3) is 0.889. The maximum atomic E-state index is 12.5. The molecule has 9 nitrogen and oxygen atoms in total. The smallest absolute Gasteiger partial charge is 0.303 e. The second-order valence-electron chi connectivity index (χ2n) is 12.0. The monoisotopic (exact) mass is 510 g/mol. The zero-order chi connectivity index (χ0) is 26.8. The first-order valence-electron chi connectivity index (χ1n) is 13.1. The predicted octanol–water partition coefficient (Wildman–Crippen LogP) is 3.41. The highest BCUT2D eigenvalue weighted by Crippen LogP contribution is 2.62. The first kappa shape index (κ1) is 27.3. The van der Waals surface area contributed by atoms with Crippen LogP contribution in [0.25, 0.3) is 0 Å². The van der Waals surface area contributed by atoms with Gasteiger partial charge in [0.25, 0.3) is 0 Å². The topological polar surface area (TPSA) is 107 Å². The molecule has 4 bridgehead atoms. The summed E-state index contributed by atoms with van der Waals surface area (Å²) in [6, 6.07) is 0. The van der Waals surface area contributed by atoms with Gasteiger partial charge in [0, 0.05) is 58.0 Å². The van der Waals surface area contributed by atoms with Gasteiger partial charge in [0.15, 0.2) is 17.5 Å². The van der Waals surface area contributed by atoms with Crippen LogP contribution >= 0.6 is 0 Å². The minimum absolute atomic E-state index is 0.00599. The third kappa shape index (κ3) is 4.15. The van der Waals surface area contributed by atoms with Crippen molar-refractivity contribution in [3.63, 3.8) is 0 Å². The van der Waals surface area contributed by atoms with Crippen molar-refractivity contribution in [3.05, 3.63) is 0 Å². The molecule has 0 radical (unpaired) electrons. The van der Waals surface area contributed by atoms with E-state index in [1.807, 2.05) is 0 Å². The van der Waals surface area contributed by atoms with Crippen LogP contribution in [0.1, 0.15) is 74.7 Å². The molecule has 4 fully saturated rings. The molecule has 3 heterocycles. The van der Waals surface area contributed by atoms with Gasteiger partial charge in [-0.25, -0.2) is 0 Å². The van der Waals surface area contributed by atoms with Crippen LogP contribution in [0, 0.1) is 29.6 Å². The van der Waals surface area contributed by atoms with Gasteiger partial charge in [-0.1, -0.05) is 20.8 Å². The lowest BCUT2D eigenvalue weighted by Crippen LogP contribution is -2.69. The summed E-state index contributed by atoms with van der Waals surface area (Å²) in [5.74, 6) is -2.92. The Morgan fingerprint density at radius 1 is 0.972 bits per heavy atom. The average molecular weight is 511 g/mol. The second kappa shape index (κ2) is 9.24. The number of hydrogen-bond donors (Lipinski definition) is 0. The maximum absolute atomic E-state index is 12.5. The molecule has 3 saturated heterocycles. The van der Waals surface area contributed by atoms with Crippen LogP contribution in [0.2, 0.25) is 0 Å². The molecular weight excluding hydrogens is 468 g/mol. The van der Waals surface area contributed by atoms with Crippen molar-refractivity contribution in [1.82, 2.24) is 0 Å². The van der Waals surface area contributed by atoms with E-state index in [4.69, 9.17) is 28.4 Å². The van der Waals surface area contributed by atoms with E-state index < -0.39 is 47.1 Å². The van der Waals surface area contributed by atoms with Crippen molar-refractivity contribution < 1.29 is 42.8 Å². The average Bonchev–Trinajstić information content (AvgIpc) is 3.31. The van der Waals surface area contributed by atoms with E-state index in [-0.39, 0.29) is 41.8 Å². The zero-order valence-corrected chi connectivity index (χ0v) is 23.0. The Kier molecular flexibility index (Phi) is 7.01. The molecule has 3 aliphatic heterocycles. The van der Waals surface area contributed by atoms with Crippen molar-refractivity contribution in [1.29, 1.82) is 0 Å². The molecular formula is C27H42O9. The minimum Gasteiger partial charge on any atom is -0.458 e. The van der Waals surface area contributed by atoms with Crippen molar-refractivity contribution in [2.75, 3.05) is 7.11 Å². The molecule has 204 valence electrons. The molecule has 4 aliphatic rings.